The average Bonchev–Trinajstić information content (AvgIpc) is 3.37. The first-order chi connectivity index (χ1) is 14.5. The number of carbonyl (C=O) groups is 1. The number of hydrogen-bond acceptors (Lipinski definition) is 6. The van der Waals surface area contributed by atoms with Crippen molar-refractivity contribution in [1.82, 2.24) is 14.9 Å². The van der Waals surface area contributed by atoms with Crippen molar-refractivity contribution in [3.8, 4) is 11.5 Å². The number of nitrogens with zero attached hydrogens (tertiary/aromatic N) is 3. The van der Waals surface area contributed by atoms with Gasteiger partial charge in [0.05, 0.1) is 19.8 Å². The van der Waals surface area contributed by atoms with Gasteiger partial charge in [-0.15, -0.1) is 0 Å². The molecule has 2 aromatic heterocycles. The summed E-state index contributed by atoms with van der Waals surface area (Å²) in [6.07, 6.45) is 1.77. The maximum absolute atomic E-state index is 13.6. The van der Waals surface area contributed by atoms with Crippen molar-refractivity contribution < 1.29 is 14.3 Å². The number of ether oxygens (including phenoxy) is 2. The molecule has 0 aliphatic rings. The summed E-state index contributed by atoms with van der Waals surface area (Å²) in [4.78, 5) is 25.4. The normalized spacial score (nSPS) is 11.4. The van der Waals surface area contributed by atoms with Gasteiger partial charge in [0.15, 0.2) is 5.13 Å². The zero-order chi connectivity index (χ0) is 21.3. The Hall–Kier alpha value is -3.10. The maximum Gasteiger partial charge on any atom is 0.262 e. The van der Waals surface area contributed by atoms with Crippen LogP contribution in [0.2, 0.25) is 0 Å². The number of para-hydroxylation sites is 1. The van der Waals surface area contributed by atoms with Crippen LogP contribution in [0.4, 0.5) is 5.13 Å². The average molecular weight is 425 g/mol. The third kappa shape index (κ3) is 3.59. The van der Waals surface area contributed by atoms with Crippen LogP contribution in [0.5, 0.6) is 11.5 Å². The fourth-order valence-corrected chi connectivity index (χ4v) is 4.47. The van der Waals surface area contributed by atoms with Gasteiger partial charge in [0.2, 0.25) is 0 Å². The summed E-state index contributed by atoms with van der Waals surface area (Å²) in [7, 11) is 7.21. The maximum atomic E-state index is 13.6. The predicted octanol–water partition coefficient (Wildman–Crippen LogP) is 4.00. The minimum atomic E-state index is -0.0914. The zero-order valence-corrected chi connectivity index (χ0v) is 18.2. The quantitative estimate of drug-likeness (QED) is 0.486. The number of aromatic nitrogens is 2. The number of hydrogen-bond donors (Lipinski definition) is 1. The smallest absolute Gasteiger partial charge is 0.262 e. The Morgan fingerprint density at radius 1 is 1.07 bits per heavy atom. The van der Waals surface area contributed by atoms with Gasteiger partial charge in [-0.3, -0.25) is 9.69 Å². The van der Waals surface area contributed by atoms with Gasteiger partial charge in [-0.2, -0.15) is 0 Å². The molecule has 0 atom stereocenters. The number of fused-ring (bicyclic) bond motifs is 2. The molecule has 0 saturated heterocycles. The molecule has 1 N–H and O–H groups in total. The van der Waals surface area contributed by atoms with Crippen molar-refractivity contribution in [3.63, 3.8) is 0 Å². The molecule has 4 rings (SSSR count). The highest BCUT2D eigenvalue weighted by Gasteiger charge is 2.25. The topological polar surface area (TPSA) is 70.7 Å². The van der Waals surface area contributed by atoms with E-state index < -0.39 is 0 Å². The number of rotatable bonds is 7. The molecule has 0 aliphatic heterocycles. The molecule has 0 fully saturated rings. The molecule has 0 spiro atoms. The third-order valence-electron chi connectivity index (χ3n) is 4.97. The van der Waals surface area contributed by atoms with Crippen LogP contribution in [-0.2, 0) is 0 Å². The van der Waals surface area contributed by atoms with Gasteiger partial charge in [0, 0.05) is 30.2 Å². The highest BCUT2D eigenvalue weighted by Crippen LogP contribution is 2.40. The minimum Gasteiger partial charge on any atom is -0.495 e. The van der Waals surface area contributed by atoms with Crippen LogP contribution in [-0.4, -0.2) is 62.2 Å². The molecular formula is C22H24N4O3S. The highest BCUT2D eigenvalue weighted by atomic mass is 32.1. The van der Waals surface area contributed by atoms with Crippen molar-refractivity contribution in [3.05, 3.63) is 48.2 Å². The van der Waals surface area contributed by atoms with E-state index in [9.17, 15) is 4.79 Å². The molecule has 1 amide bonds. The lowest BCUT2D eigenvalue weighted by molar-refractivity contribution is 0.0987. The molecule has 0 bridgehead atoms. The number of amides is 1. The largest absolute Gasteiger partial charge is 0.495 e. The summed E-state index contributed by atoms with van der Waals surface area (Å²) < 4.78 is 11.8. The van der Waals surface area contributed by atoms with E-state index in [1.165, 1.54) is 11.3 Å². The molecule has 30 heavy (non-hydrogen) atoms. The van der Waals surface area contributed by atoms with Gasteiger partial charge in [-0.05, 0) is 32.3 Å². The molecule has 8 heteroatoms. The van der Waals surface area contributed by atoms with Crippen molar-refractivity contribution in [2.75, 3.05) is 46.3 Å². The molecule has 7 nitrogen and oxygen atoms in total. The molecule has 2 aromatic carbocycles. The minimum absolute atomic E-state index is 0.0914. The van der Waals surface area contributed by atoms with E-state index >= 15 is 0 Å². The van der Waals surface area contributed by atoms with Crippen molar-refractivity contribution in [2.45, 2.75) is 0 Å². The SMILES string of the molecule is COc1ccc(OC)c2sc(N(CCN(C)C)C(=O)c3c[nH]c4ccccc34)nc12. The molecule has 0 unspecified atom stereocenters. The fraction of sp³-hybridized carbons (Fsp3) is 0.273. The fourth-order valence-electron chi connectivity index (χ4n) is 3.37. The Bertz CT molecular complexity index is 1160. The van der Waals surface area contributed by atoms with E-state index in [-0.39, 0.29) is 5.91 Å². The van der Waals surface area contributed by atoms with E-state index in [4.69, 9.17) is 14.5 Å². The third-order valence-corrected chi connectivity index (χ3v) is 6.06. The van der Waals surface area contributed by atoms with E-state index in [0.29, 0.717) is 40.8 Å². The lowest BCUT2D eigenvalue weighted by atomic mass is 10.1. The van der Waals surface area contributed by atoms with Crippen LogP contribution >= 0.6 is 11.3 Å². The van der Waals surface area contributed by atoms with Crippen LogP contribution < -0.4 is 14.4 Å². The Morgan fingerprint density at radius 3 is 2.53 bits per heavy atom. The van der Waals surface area contributed by atoms with Crippen molar-refractivity contribution >= 4 is 43.5 Å². The molecule has 4 aromatic rings. The number of nitrogens with one attached hydrogen (secondary N) is 1. The summed E-state index contributed by atoms with van der Waals surface area (Å²) in [6.45, 7) is 1.22. The second kappa shape index (κ2) is 8.33. The van der Waals surface area contributed by atoms with Gasteiger partial charge in [-0.1, -0.05) is 29.5 Å². The van der Waals surface area contributed by atoms with E-state index in [2.05, 4.69) is 4.98 Å². The summed E-state index contributed by atoms with van der Waals surface area (Å²) in [5, 5.41) is 1.51. The van der Waals surface area contributed by atoms with Gasteiger partial charge < -0.3 is 19.4 Å². The number of likely N-dealkylation sites (N-methyl/N-ethyl adjacent to an activating group) is 1. The summed E-state index contributed by atoms with van der Waals surface area (Å²) in [5.41, 5.74) is 2.25. The van der Waals surface area contributed by atoms with Crippen LogP contribution in [0.25, 0.3) is 21.1 Å². The number of carbonyl (C=O) groups excluding carboxylic acids is 1. The molecule has 2 heterocycles. The van der Waals surface area contributed by atoms with Crippen LogP contribution in [0, 0.1) is 0 Å². The van der Waals surface area contributed by atoms with Crippen LogP contribution in [0.3, 0.4) is 0 Å². The summed E-state index contributed by atoms with van der Waals surface area (Å²) >= 11 is 1.43. The second-order valence-corrected chi connectivity index (χ2v) is 8.13. The Kier molecular flexibility index (Phi) is 5.61. The molecule has 0 radical (unpaired) electrons. The monoisotopic (exact) mass is 424 g/mol. The predicted molar refractivity (Wildman–Crippen MR) is 121 cm³/mol. The standard InChI is InChI=1S/C22H24N4O3S/c1-25(2)11-12-26(21(27)15-13-23-16-8-6-5-7-14(15)16)22-24-19-17(28-3)9-10-18(29-4)20(19)30-22/h5-10,13,23H,11-12H2,1-4H3. The second-order valence-electron chi connectivity index (χ2n) is 7.15. The van der Waals surface area contributed by atoms with Crippen molar-refractivity contribution in [2.24, 2.45) is 0 Å². The van der Waals surface area contributed by atoms with E-state index in [0.717, 1.165) is 15.6 Å². The van der Waals surface area contributed by atoms with E-state index in [1.807, 2.05) is 55.4 Å². The summed E-state index contributed by atoms with van der Waals surface area (Å²) in [5.74, 6) is 1.27. The zero-order valence-electron chi connectivity index (χ0n) is 17.4. The number of benzene rings is 2. The molecule has 156 valence electrons. The van der Waals surface area contributed by atoms with Gasteiger partial charge in [0.1, 0.15) is 21.7 Å². The number of anilines is 1. The first-order valence-corrected chi connectivity index (χ1v) is 10.4. The van der Waals surface area contributed by atoms with Gasteiger partial charge in [-0.25, -0.2) is 4.98 Å². The first-order valence-electron chi connectivity index (χ1n) is 9.57. The molecular weight excluding hydrogens is 400 g/mol. The van der Waals surface area contributed by atoms with Crippen molar-refractivity contribution in [1.29, 1.82) is 0 Å². The Balaban J connectivity index is 1.82. The lowest BCUT2D eigenvalue weighted by Gasteiger charge is -2.21. The number of methoxy groups -OCH3 is 2. The highest BCUT2D eigenvalue weighted by molar-refractivity contribution is 7.22. The number of thiazole rings is 1. The van der Waals surface area contributed by atoms with Crippen LogP contribution in [0.15, 0.2) is 42.6 Å². The lowest BCUT2D eigenvalue weighted by Crippen LogP contribution is -2.36. The molecule has 0 saturated carbocycles. The number of H-pyrrole nitrogens is 1. The first kappa shape index (κ1) is 20.2. The summed E-state index contributed by atoms with van der Waals surface area (Å²) in [6, 6.07) is 11.5. The number of aromatic amines is 1. The Morgan fingerprint density at radius 2 is 1.80 bits per heavy atom. The van der Waals surface area contributed by atoms with E-state index in [1.54, 1.807) is 25.3 Å². The van der Waals surface area contributed by atoms with Gasteiger partial charge in [0.25, 0.3) is 5.91 Å². The van der Waals surface area contributed by atoms with Crippen LogP contribution in [0.1, 0.15) is 10.4 Å². The Labute approximate surface area is 178 Å². The van der Waals surface area contributed by atoms with Gasteiger partial charge >= 0.3 is 0 Å². The molecule has 0 aliphatic carbocycles.